The lowest BCUT2D eigenvalue weighted by atomic mass is 10.5. The van der Waals surface area contributed by atoms with Gasteiger partial charge in [-0.2, -0.15) is 9.55 Å². The summed E-state index contributed by atoms with van der Waals surface area (Å²) in [4.78, 5) is 22.1. The summed E-state index contributed by atoms with van der Waals surface area (Å²) in [6.07, 6.45) is -1.05. The van der Waals surface area contributed by atoms with Crippen molar-refractivity contribution in [1.82, 2.24) is 19.5 Å². The molecule has 0 atom stereocenters. The first-order valence-electron chi connectivity index (χ1n) is 5.28. The summed E-state index contributed by atoms with van der Waals surface area (Å²) in [7, 11) is 0. The van der Waals surface area contributed by atoms with E-state index in [9.17, 15) is 15.0 Å². The number of H-pyrrole nitrogens is 1. The quantitative estimate of drug-likeness (QED) is 0.497. The van der Waals surface area contributed by atoms with Crippen LogP contribution in [0.1, 0.15) is 13.3 Å². The van der Waals surface area contributed by atoms with Crippen LogP contribution in [0.4, 0.5) is 5.95 Å². The second kappa shape index (κ2) is 4.37. The number of hydrogen-bond donors (Lipinski definition) is 4. The first-order valence-corrected chi connectivity index (χ1v) is 5.28. The molecule has 9 nitrogen and oxygen atoms in total. The molecular weight excluding hydrogens is 242 g/mol. The number of imidazole rings is 1. The summed E-state index contributed by atoms with van der Waals surface area (Å²) in [5, 5.41) is 19.4. The van der Waals surface area contributed by atoms with Gasteiger partial charge in [0.05, 0.1) is 12.9 Å². The lowest BCUT2D eigenvalue weighted by Crippen LogP contribution is -2.45. The fraction of sp³-hybridized carbons (Fsp3) is 0.444. The summed E-state index contributed by atoms with van der Waals surface area (Å²) in [5.74, 6) is -0.402. The van der Waals surface area contributed by atoms with Crippen molar-refractivity contribution in [3.63, 3.8) is 0 Å². The minimum atomic E-state index is -2.84. The second-order valence-corrected chi connectivity index (χ2v) is 3.63. The molecule has 0 unspecified atom stereocenters. The van der Waals surface area contributed by atoms with Gasteiger partial charge in [0, 0.05) is 0 Å². The molecule has 2 aromatic heterocycles. The fourth-order valence-electron chi connectivity index (χ4n) is 1.49. The largest absolute Gasteiger partial charge is 0.381 e. The van der Waals surface area contributed by atoms with Crippen molar-refractivity contribution in [2.45, 2.75) is 19.4 Å². The Morgan fingerprint density at radius 1 is 1.61 bits per heavy atom. The van der Waals surface area contributed by atoms with Gasteiger partial charge in [-0.05, 0) is 6.42 Å². The Morgan fingerprint density at radius 3 is 3.00 bits per heavy atom. The molecule has 18 heavy (non-hydrogen) atoms. The maximum absolute atomic E-state index is 12.0. The third kappa shape index (κ3) is 1.94. The molecule has 0 bridgehead atoms. The van der Waals surface area contributed by atoms with Gasteiger partial charge < -0.3 is 25.7 Å². The van der Waals surface area contributed by atoms with Crippen LogP contribution in [0.25, 0.3) is 11.2 Å². The molecule has 98 valence electrons. The lowest BCUT2D eigenvalue weighted by Gasteiger charge is -2.24. The predicted octanol–water partition coefficient (Wildman–Crippen LogP) is -1.32. The Hall–Kier alpha value is -1.97. The Kier molecular flexibility index (Phi) is 3.03. The van der Waals surface area contributed by atoms with Crippen LogP contribution in [-0.4, -0.2) is 36.3 Å². The minimum Gasteiger partial charge on any atom is -0.369 e. The molecule has 2 aromatic rings. The van der Waals surface area contributed by atoms with E-state index in [2.05, 4.69) is 15.0 Å². The zero-order valence-electron chi connectivity index (χ0n) is 9.62. The number of hydrogen-bond acceptors (Lipinski definition) is 7. The maximum atomic E-state index is 12.0. The van der Waals surface area contributed by atoms with E-state index < -0.39 is 17.6 Å². The normalized spacial score (nSPS) is 12.2. The molecule has 0 saturated heterocycles. The van der Waals surface area contributed by atoms with Crippen LogP contribution in [0.3, 0.4) is 0 Å². The molecule has 9 heteroatoms. The third-order valence-corrected chi connectivity index (χ3v) is 2.28. The Morgan fingerprint density at radius 2 is 2.33 bits per heavy atom. The second-order valence-electron chi connectivity index (χ2n) is 3.63. The summed E-state index contributed by atoms with van der Waals surface area (Å²) in [5.41, 5.74) is 4.83. The van der Waals surface area contributed by atoms with Crippen molar-refractivity contribution in [3.8, 4) is 0 Å². The van der Waals surface area contributed by atoms with Crippen LogP contribution >= 0.6 is 0 Å². The van der Waals surface area contributed by atoms with Crippen LogP contribution in [0, 0.1) is 0 Å². The molecule has 0 radical (unpaired) electrons. The summed E-state index contributed by atoms with van der Waals surface area (Å²) >= 11 is 0. The highest BCUT2D eigenvalue weighted by molar-refractivity contribution is 5.69. The van der Waals surface area contributed by atoms with Gasteiger partial charge in [-0.1, -0.05) is 6.92 Å². The average molecular weight is 255 g/mol. The molecule has 0 aliphatic carbocycles. The number of nitrogen functional groups attached to an aromatic ring is 1. The number of aromatic amines is 1. The topological polar surface area (TPSA) is 139 Å². The van der Waals surface area contributed by atoms with E-state index in [1.807, 2.05) is 0 Å². The van der Waals surface area contributed by atoms with Crippen LogP contribution in [0.15, 0.2) is 11.1 Å². The van der Waals surface area contributed by atoms with Gasteiger partial charge in [-0.3, -0.25) is 4.79 Å². The highest BCUT2D eigenvalue weighted by atomic mass is 16.8. The molecule has 0 aromatic carbocycles. The SMILES string of the molecule is CCCOC(O)(O)n1c(N)nc2nc[nH]c2c1=O. The van der Waals surface area contributed by atoms with Crippen LogP contribution in [0.5, 0.6) is 0 Å². The molecule has 2 rings (SSSR count). The first kappa shape index (κ1) is 12.5. The lowest BCUT2D eigenvalue weighted by molar-refractivity contribution is -0.398. The van der Waals surface area contributed by atoms with E-state index in [4.69, 9.17) is 10.5 Å². The van der Waals surface area contributed by atoms with Gasteiger partial charge in [-0.25, -0.2) is 4.98 Å². The van der Waals surface area contributed by atoms with E-state index in [0.717, 1.165) is 0 Å². The Bertz CT molecular complexity index is 617. The number of nitrogens with two attached hydrogens (primary N) is 1. The monoisotopic (exact) mass is 255 g/mol. The average Bonchev–Trinajstić information content (AvgIpc) is 2.74. The van der Waals surface area contributed by atoms with Crippen molar-refractivity contribution >= 4 is 17.1 Å². The van der Waals surface area contributed by atoms with Crippen molar-refractivity contribution in [3.05, 3.63) is 16.7 Å². The van der Waals surface area contributed by atoms with Crippen molar-refractivity contribution in [2.75, 3.05) is 12.3 Å². The molecule has 0 fully saturated rings. The van der Waals surface area contributed by atoms with Crippen molar-refractivity contribution < 1.29 is 14.9 Å². The van der Waals surface area contributed by atoms with Crippen molar-refractivity contribution in [1.29, 1.82) is 0 Å². The first-order chi connectivity index (χ1) is 8.47. The van der Waals surface area contributed by atoms with Crippen LogP contribution < -0.4 is 11.3 Å². The number of aliphatic hydroxyl groups is 2. The van der Waals surface area contributed by atoms with Crippen molar-refractivity contribution in [2.24, 2.45) is 0 Å². The molecule has 2 heterocycles. The van der Waals surface area contributed by atoms with E-state index >= 15 is 0 Å². The number of nitrogens with one attached hydrogen (secondary N) is 1. The van der Waals surface area contributed by atoms with Crippen LogP contribution in [-0.2, 0) is 10.8 Å². The maximum Gasteiger partial charge on any atom is 0.381 e. The Labute approximate surface area is 101 Å². The molecule has 0 amide bonds. The Balaban J connectivity index is 2.59. The number of aromatic nitrogens is 4. The molecule has 5 N–H and O–H groups in total. The van der Waals surface area contributed by atoms with Gasteiger partial charge in [0.2, 0.25) is 5.95 Å². The number of anilines is 1. The number of nitrogens with zero attached hydrogens (tertiary/aromatic N) is 3. The van der Waals surface area contributed by atoms with Gasteiger partial charge in [0.15, 0.2) is 11.2 Å². The summed E-state index contributed by atoms with van der Waals surface area (Å²) in [6, 6.07) is 0. The molecule has 0 spiro atoms. The summed E-state index contributed by atoms with van der Waals surface area (Å²) in [6.45, 7) is 1.82. The number of fused-ring (bicyclic) bond motifs is 1. The van der Waals surface area contributed by atoms with E-state index in [1.54, 1.807) is 6.92 Å². The fourth-order valence-corrected chi connectivity index (χ4v) is 1.49. The van der Waals surface area contributed by atoms with E-state index in [-0.39, 0.29) is 17.8 Å². The molecule has 0 aliphatic heterocycles. The third-order valence-electron chi connectivity index (χ3n) is 2.28. The van der Waals surface area contributed by atoms with Gasteiger partial charge >= 0.3 is 6.10 Å². The minimum absolute atomic E-state index is 0.0109. The zero-order chi connectivity index (χ0) is 13.3. The highest BCUT2D eigenvalue weighted by Gasteiger charge is 2.32. The predicted molar refractivity (Wildman–Crippen MR) is 61.2 cm³/mol. The molecule has 0 saturated carbocycles. The number of rotatable bonds is 4. The highest BCUT2D eigenvalue weighted by Crippen LogP contribution is 2.14. The molecular formula is C9H13N5O4. The zero-order valence-corrected chi connectivity index (χ0v) is 9.62. The van der Waals surface area contributed by atoms with E-state index in [1.165, 1.54) is 6.33 Å². The summed E-state index contributed by atoms with van der Waals surface area (Å²) < 4.78 is 5.22. The smallest absolute Gasteiger partial charge is 0.369 e. The van der Waals surface area contributed by atoms with Gasteiger partial charge in [0.25, 0.3) is 5.56 Å². The molecule has 0 aliphatic rings. The van der Waals surface area contributed by atoms with Gasteiger partial charge in [-0.15, -0.1) is 0 Å². The van der Waals surface area contributed by atoms with Crippen LogP contribution in [0.2, 0.25) is 0 Å². The van der Waals surface area contributed by atoms with E-state index in [0.29, 0.717) is 11.0 Å². The number of ether oxygens (including phenoxy) is 1. The van der Waals surface area contributed by atoms with Gasteiger partial charge in [0.1, 0.15) is 0 Å². The standard InChI is InChI=1S/C9H13N5O4/c1-2-3-18-9(16,17)14-7(15)5-6(12-4-11-5)13-8(14)10/h4,16-17H,2-3H2,1H3,(H2,10,13)(H,11,12).